The van der Waals surface area contributed by atoms with Gasteiger partial charge in [0.2, 0.25) is 0 Å². The molecule has 1 atom stereocenters. The predicted octanol–water partition coefficient (Wildman–Crippen LogP) is 1.43. The highest BCUT2D eigenvalue weighted by Gasteiger charge is 2.19. The van der Waals surface area contributed by atoms with Crippen LogP contribution < -0.4 is 5.73 Å². The lowest BCUT2D eigenvalue weighted by molar-refractivity contribution is -0.143. The summed E-state index contributed by atoms with van der Waals surface area (Å²) in [6.45, 7) is 2.04. The fourth-order valence-corrected chi connectivity index (χ4v) is 1.63. The summed E-state index contributed by atoms with van der Waals surface area (Å²) in [4.78, 5) is 22.9. The number of ether oxygens (including phenoxy) is 2. The van der Waals surface area contributed by atoms with Gasteiger partial charge in [-0.3, -0.25) is 4.79 Å². The molecule has 0 aliphatic carbocycles. The zero-order valence-electron chi connectivity index (χ0n) is 10.5. The molecule has 5 nitrogen and oxygen atoms in total. The number of methoxy groups -OCH3 is 1. The molecule has 0 fully saturated rings. The van der Waals surface area contributed by atoms with Crippen molar-refractivity contribution in [3.8, 4) is 0 Å². The Morgan fingerprint density at radius 2 is 2.00 bits per heavy atom. The molecule has 1 rings (SSSR count). The van der Waals surface area contributed by atoms with E-state index in [1.165, 1.54) is 7.11 Å². The maximum atomic E-state index is 11.6. The highest BCUT2D eigenvalue weighted by Crippen LogP contribution is 2.20. The largest absolute Gasteiger partial charge is 0.466 e. The molecule has 0 amide bonds. The Morgan fingerprint density at radius 3 is 2.61 bits per heavy atom. The van der Waals surface area contributed by atoms with E-state index in [4.69, 9.17) is 10.5 Å². The van der Waals surface area contributed by atoms with Crippen LogP contribution in [0.5, 0.6) is 0 Å². The molecule has 0 aliphatic rings. The van der Waals surface area contributed by atoms with E-state index in [1.807, 2.05) is 0 Å². The molecule has 2 N–H and O–H groups in total. The molecule has 0 bridgehead atoms. The van der Waals surface area contributed by atoms with Crippen LogP contribution in [0, 0.1) is 0 Å². The van der Waals surface area contributed by atoms with Crippen molar-refractivity contribution in [3.63, 3.8) is 0 Å². The average Bonchev–Trinajstić information content (AvgIpc) is 2.38. The number of rotatable bonds is 5. The summed E-state index contributed by atoms with van der Waals surface area (Å²) >= 11 is 0. The van der Waals surface area contributed by atoms with Gasteiger partial charge in [-0.2, -0.15) is 0 Å². The van der Waals surface area contributed by atoms with Crippen molar-refractivity contribution in [1.82, 2.24) is 0 Å². The molecule has 0 radical (unpaired) electrons. The van der Waals surface area contributed by atoms with Crippen molar-refractivity contribution in [2.75, 3.05) is 13.7 Å². The Bertz CT molecular complexity index is 431. The van der Waals surface area contributed by atoms with Crippen LogP contribution in [-0.4, -0.2) is 25.7 Å². The molecule has 1 aromatic rings. The number of esters is 2. The summed E-state index contributed by atoms with van der Waals surface area (Å²) in [7, 11) is 1.30. The molecule has 0 spiro atoms. The highest BCUT2D eigenvalue weighted by atomic mass is 16.5. The van der Waals surface area contributed by atoms with E-state index in [1.54, 1.807) is 31.2 Å². The Hall–Kier alpha value is -1.88. The van der Waals surface area contributed by atoms with E-state index in [0.29, 0.717) is 17.7 Å². The fourth-order valence-electron chi connectivity index (χ4n) is 1.63. The number of nitrogens with two attached hydrogens (primary N) is 1. The van der Waals surface area contributed by atoms with Crippen molar-refractivity contribution >= 4 is 11.9 Å². The second kappa shape index (κ2) is 6.76. The van der Waals surface area contributed by atoms with Crippen LogP contribution in [0.3, 0.4) is 0 Å². The van der Waals surface area contributed by atoms with Gasteiger partial charge in [0, 0.05) is 6.04 Å². The maximum absolute atomic E-state index is 11.6. The van der Waals surface area contributed by atoms with Gasteiger partial charge in [0.05, 0.1) is 25.7 Å². The lowest BCUT2D eigenvalue weighted by Crippen LogP contribution is -2.20. The minimum atomic E-state index is -0.584. The van der Waals surface area contributed by atoms with Gasteiger partial charge in [0.1, 0.15) is 0 Å². The number of carbonyl (C=O) groups is 2. The van der Waals surface area contributed by atoms with Gasteiger partial charge in [0.15, 0.2) is 0 Å². The van der Waals surface area contributed by atoms with E-state index in [0.717, 1.165) is 0 Å². The molecule has 1 aromatic carbocycles. The second-order valence-electron chi connectivity index (χ2n) is 3.69. The molecule has 0 saturated carbocycles. The molecule has 0 aliphatic heterocycles. The predicted molar refractivity (Wildman–Crippen MR) is 66.0 cm³/mol. The summed E-state index contributed by atoms with van der Waals surface area (Å²) in [6, 6.07) is 6.21. The van der Waals surface area contributed by atoms with Crippen LogP contribution in [0.25, 0.3) is 0 Å². The SMILES string of the molecule is CCOC(=O)CC(N)c1ccccc1C(=O)OC. The van der Waals surface area contributed by atoms with Gasteiger partial charge in [-0.25, -0.2) is 4.79 Å². The summed E-state index contributed by atoms with van der Waals surface area (Å²) < 4.78 is 9.49. The van der Waals surface area contributed by atoms with E-state index < -0.39 is 12.0 Å². The van der Waals surface area contributed by atoms with Crippen LogP contribution in [-0.2, 0) is 14.3 Å². The van der Waals surface area contributed by atoms with Gasteiger partial charge in [-0.05, 0) is 18.6 Å². The Labute approximate surface area is 106 Å². The quantitative estimate of drug-likeness (QED) is 0.801. The molecule has 98 valence electrons. The van der Waals surface area contributed by atoms with E-state index in [2.05, 4.69) is 4.74 Å². The number of hydrogen-bond acceptors (Lipinski definition) is 5. The molecule has 1 unspecified atom stereocenters. The summed E-state index contributed by atoms with van der Waals surface area (Å²) in [5.74, 6) is -0.852. The highest BCUT2D eigenvalue weighted by molar-refractivity contribution is 5.91. The van der Waals surface area contributed by atoms with Gasteiger partial charge in [0.25, 0.3) is 0 Å². The van der Waals surface area contributed by atoms with E-state index in [-0.39, 0.29) is 12.4 Å². The van der Waals surface area contributed by atoms with Crippen molar-refractivity contribution in [1.29, 1.82) is 0 Å². The van der Waals surface area contributed by atoms with E-state index >= 15 is 0 Å². The third kappa shape index (κ3) is 3.56. The van der Waals surface area contributed by atoms with Crippen LogP contribution in [0.15, 0.2) is 24.3 Å². The molecule has 18 heavy (non-hydrogen) atoms. The van der Waals surface area contributed by atoms with Gasteiger partial charge < -0.3 is 15.2 Å². The van der Waals surface area contributed by atoms with Crippen molar-refractivity contribution in [2.24, 2.45) is 5.73 Å². The van der Waals surface area contributed by atoms with Crippen LogP contribution >= 0.6 is 0 Å². The van der Waals surface area contributed by atoms with Gasteiger partial charge >= 0.3 is 11.9 Å². The van der Waals surface area contributed by atoms with Crippen molar-refractivity contribution < 1.29 is 19.1 Å². The minimum Gasteiger partial charge on any atom is -0.466 e. The van der Waals surface area contributed by atoms with Crippen molar-refractivity contribution in [3.05, 3.63) is 35.4 Å². The molecular weight excluding hydrogens is 234 g/mol. The normalized spacial score (nSPS) is 11.7. The topological polar surface area (TPSA) is 78.6 Å². The molecular formula is C13H17NO4. The zero-order chi connectivity index (χ0) is 13.5. The summed E-state index contributed by atoms with van der Waals surface area (Å²) in [5, 5.41) is 0. The molecule has 5 heteroatoms. The van der Waals surface area contributed by atoms with Crippen LogP contribution in [0.1, 0.15) is 35.3 Å². The van der Waals surface area contributed by atoms with Crippen molar-refractivity contribution in [2.45, 2.75) is 19.4 Å². The first-order valence-electron chi connectivity index (χ1n) is 5.68. The standard InChI is InChI=1S/C13H17NO4/c1-3-18-12(15)8-11(14)9-6-4-5-7-10(9)13(16)17-2/h4-7,11H,3,8,14H2,1-2H3. The fraction of sp³-hybridized carbons (Fsp3) is 0.385. The Morgan fingerprint density at radius 1 is 1.33 bits per heavy atom. The number of benzene rings is 1. The maximum Gasteiger partial charge on any atom is 0.338 e. The first-order valence-corrected chi connectivity index (χ1v) is 5.68. The van der Waals surface area contributed by atoms with Gasteiger partial charge in [-0.15, -0.1) is 0 Å². The lowest BCUT2D eigenvalue weighted by Gasteiger charge is -2.14. The minimum absolute atomic E-state index is 0.0296. The van der Waals surface area contributed by atoms with Crippen LogP contribution in [0.4, 0.5) is 0 Å². The molecule has 0 heterocycles. The third-order valence-corrected chi connectivity index (χ3v) is 2.46. The van der Waals surface area contributed by atoms with Gasteiger partial charge in [-0.1, -0.05) is 18.2 Å². The first-order chi connectivity index (χ1) is 8.60. The molecule has 0 saturated heterocycles. The average molecular weight is 251 g/mol. The monoisotopic (exact) mass is 251 g/mol. The second-order valence-corrected chi connectivity index (χ2v) is 3.69. The lowest BCUT2D eigenvalue weighted by atomic mass is 9.99. The summed E-state index contributed by atoms with van der Waals surface area (Å²) in [5.41, 5.74) is 6.86. The Kier molecular flexibility index (Phi) is 5.32. The zero-order valence-corrected chi connectivity index (χ0v) is 10.5. The Balaban J connectivity index is 2.88. The first kappa shape index (κ1) is 14.2. The number of hydrogen-bond donors (Lipinski definition) is 1. The number of carbonyl (C=O) groups excluding carboxylic acids is 2. The van der Waals surface area contributed by atoms with E-state index in [9.17, 15) is 9.59 Å². The van der Waals surface area contributed by atoms with Crippen LogP contribution in [0.2, 0.25) is 0 Å². The smallest absolute Gasteiger partial charge is 0.338 e. The summed E-state index contributed by atoms with van der Waals surface area (Å²) in [6.07, 6.45) is 0.0296. The third-order valence-electron chi connectivity index (χ3n) is 2.46. The molecule has 0 aromatic heterocycles.